The molecule has 0 aliphatic carbocycles. The van der Waals surface area contributed by atoms with Crippen molar-refractivity contribution in [3.63, 3.8) is 0 Å². The number of nitrogens with one attached hydrogen (secondary N) is 2. The number of aryl methyl sites for hydroxylation is 1. The summed E-state index contributed by atoms with van der Waals surface area (Å²) in [4.78, 5) is 23.3. The average molecular weight is 397 g/mol. The van der Waals surface area contributed by atoms with Gasteiger partial charge in [-0.3, -0.25) is 19.3 Å². The minimum absolute atomic E-state index is 0.00901. The molecule has 0 saturated carbocycles. The minimum Gasteiger partial charge on any atom is -0.484 e. The van der Waals surface area contributed by atoms with Crippen LogP contribution in [0, 0.1) is 11.7 Å². The molecular weight excluding hydrogens is 378 g/mol. The van der Waals surface area contributed by atoms with E-state index in [1.807, 2.05) is 31.2 Å². The molecule has 2 aromatic carbocycles. The molecule has 3 rings (SSSR count). The Morgan fingerprint density at radius 2 is 2.00 bits per heavy atom. The number of hydrogen-bond donors (Lipinski definition) is 3. The summed E-state index contributed by atoms with van der Waals surface area (Å²) in [5.74, 6) is 0.154. The predicted octanol–water partition coefficient (Wildman–Crippen LogP) is 2.42. The second kappa shape index (κ2) is 8.49. The highest BCUT2D eigenvalue weighted by atomic mass is 32.1. The van der Waals surface area contributed by atoms with Gasteiger partial charge >= 0.3 is 0 Å². The number of carbonyl (C=O) groups is 2. The van der Waals surface area contributed by atoms with E-state index in [9.17, 15) is 9.59 Å². The number of anilines is 1. The van der Waals surface area contributed by atoms with E-state index < -0.39 is 5.91 Å². The lowest BCUT2D eigenvalue weighted by Crippen LogP contribution is -2.20. The van der Waals surface area contributed by atoms with Gasteiger partial charge in [0.1, 0.15) is 12.3 Å². The maximum Gasteiger partial charge on any atom is 0.255 e. The number of nitrogens with zero attached hydrogens (tertiary/aromatic N) is 2. The van der Waals surface area contributed by atoms with Gasteiger partial charge in [-0.05, 0) is 31.3 Å². The molecule has 8 nitrogen and oxygen atoms in total. The van der Waals surface area contributed by atoms with Gasteiger partial charge in [0.05, 0.1) is 0 Å². The Morgan fingerprint density at radius 3 is 2.71 bits per heavy atom. The number of amides is 2. The van der Waals surface area contributed by atoms with Crippen molar-refractivity contribution in [3.8, 4) is 17.1 Å². The molecule has 3 aromatic rings. The summed E-state index contributed by atoms with van der Waals surface area (Å²) in [6, 6.07) is 14.5. The maximum absolute atomic E-state index is 12.5. The summed E-state index contributed by atoms with van der Waals surface area (Å²) in [5.41, 5.74) is 7.57. The first kappa shape index (κ1) is 19.3. The lowest BCUT2D eigenvalue weighted by atomic mass is 10.1. The van der Waals surface area contributed by atoms with E-state index in [2.05, 4.69) is 15.5 Å². The monoisotopic (exact) mass is 397 g/mol. The van der Waals surface area contributed by atoms with Gasteiger partial charge in [-0.1, -0.05) is 35.9 Å². The molecule has 2 amide bonds. The minimum atomic E-state index is -0.576. The van der Waals surface area contributed by atoms with Crippen molar-refractivity contribution in [1.29, 1.82) is 0 Å². The number of aromatic nitrogens is 3. The van der Waals surface area contributed by atoms with Crippen molar-refractivity contribution in [2.75, 3.05) is 11.9 Å². The first-order valence-corrected chi connectivity index (χ1v) is 8.86. The topological polar surface area (TPSA) is 115 Å². The number of ether oxygens (including phenoxy) is 1. The van der Waals surface area contributed by atoms with Crippen LogP contribution in [0.4, 0.5) is 5.69 Å². The fourth-order valence-electron chi connectivity index (χ4n) is 2.55. The summed E-state index contributed by atoms with van der Waals surface area (Å²) >= 11 is 5.26. The van der Waals surface area contributed by atoms with Gasteiger partial charge < -0.3 is 15.8 Å². The third-order valence-electron chi connectivity index (χ3n) is 3.87. The van der Waals surface area contributed by atoms with E-state index in [1.54, 1.807) is 28.8 Å². The number of hydrogen-bond acceptors (Lipinski definition) is 5. The quantitative estimate of drug-likeness (QED) is 0.530. The number of primary amides is 1. The largest absolute Gasteiger partial charge is 0.484 e. The molecule has 0 radical (unpaired) electrons. The fraction of sp³-hybridized carbons (Fsp3) is 0.158. The lowest BCUT2D eigenvalue weighted by Gasteiger charge is -2.10. The van der Waals surface area contributed by atoms with Crippen LogP contribution in [0.5, 0.6) is 5.75 Å². The van der Waals surface area contributed by atoms with Crippen molar-refractivity contribution in [1.82, 2.24) is 14.8 Å². The zero-order valence-electron chi connectivity index (χ0n) is 15.1. The lowest BCUT2D eigenvalue weighted by molar-refractivity contribution is -0.120. The molecule has 0 aliphatic heterocycles. The standard InChI is InChI=1S/C19H19N5O3S/c1-12-5-7-13(8-6-12)18-22-23-19(28)24(18)10-17(26)21-14-3-2-4-15(9-14)27-11-16(20)25/h2-9H,10-11H2,1H3,(H2,20,25)(H,21,26)(H,23,28). The second-order valence-corrected chi connectivity index (χ2v) is 6.52. The highest BCUT2D eigenvalue weighted by molar-refractivity contribution is 7.71. The molecule has 0 bridgehead atoms. The van der Waals surface area contributed by atoms with E-state index >= 15 is 0 Å². The Morgan fingerprint density at radius 1 is 1.25 bits per heavy atom. The third kappa shape index (κ3) is 4.83. The number of benzene rings is 2. The van der Waals surface area contributed by atoms with Crippen LogP contribution in [-0.4, -0.2) is 33.2 Å². The molecule has 28 heavy (non-hydrogen) atoms. The van der Waals surface area contributed by atoms with Crippen molar-refractivity contribution >= 4 is 29.7 Å². The van der Waals surface area contributed by atoms with Gasteiger partial charge in [0, 0.05) is 17.3 Å². The van der Waals surface area contributed by atoms with E-state index in [1.165, 1.54) is 0 Å². The maximum atomic E-state index is 12.5. The highest BCUT2D eigenvalue weighted by Gasteiger charge is 2.13. The molecule has 4 N–H and O–H groups in total. The van der Waals surface area contributed by atoms with Crippen LogP contribution in [0.25, 0.3) is 11.4 Å². The molecule has 1 heterocycles. The summed E-state index contributed by atoms with van der Waals surface area (Å²) in [5, 5.41) is 9.74. The summed E-state index contributed by atoms with van der Waals surface area (Å²) in [7, 11) is 0. The van der Waals surface area contributed by atoms with Gasteiger partial charge in [0.15, 0.2) is 17.2 Å². The number of rotatable bonds is 7. The average Bonchev–Trinajstić information content (AvgIpc) is 3.01. The smallest absolute Gasteiger partial charge is 0.255 e. The van der Waals surface area contributed by atoms with Crippen LogP contribution in [0.2, 0.25) is 0 Å². The Kier molecular flexibility index (Phi) is 5.85. The SMILES string of the molecule is Cc1ccc(-c2n[nH]c(=S)n2CC(=O)Nc2cccc(OCC(N)=O)c2)cc1. The normalized spacial score (nSPS) is 10.5. The van der Waals surface area contributed by atoms with E-state index in [0.29, 0.717) is 22.0 Å². The zero-order chi connectivity index (χ0) is 20.1. The van der Waals surface area contributed by atoms with E-state index in [0.717, 1.165) is 11.1 Å². The summed E-state index contributed by atoms with van der Waals surface area (Å²) < 4.78 is 7.22. The summed E-state index contributed by atoms with van der Waals surface area (Å²) in [6.07, 6.45) is 0. The Labute approximate surface area is 166 Å². The van der Waals surface area contributed by atoms with Crippen molar-refractivity contribution in [2.24, 2.45) is 5.73 Å². The molecule has 144 valence electrons. The molecule has 9 heteroatoms. The molecule has 1 aromatic heterocycles. The molecule has 0 fully saturated rings. The van der Waals surface area contributed by atoms with Gasteiger partial charge in [-0.15, -0.1) is 0 Å². The third-order valence-corrected chi connectivity index (χ3v) is 4.18. The number of carbonyl (C=O) groups excluding carboxylic acids is 2. The molecular formula is C19H19N5O3S. The van der Waals surface area contributed by atoms with Crippen LogP contribution in [-0.2, 0) is 16.1 Å². The fourth-order valence-corrected chi connectivity index (χ4v) is 2.75. The van der Waals surface area contributed by atoms with Crippen molar-refractivity contribution in [2.45, 2.75) is 13.5 Å². The molecule has 0 aliphatic rings. The zero-order valence-corrected chi connectivity index (χ0v) is 16.0. The predicted molar refractivity (Wildman–Crippen MR) is 107 cm³/mol. The summed E-state index contributed by atoms with van der Waals surface area (Å²) in [6.45, 7) is 1.75. The number of nitrogens with two attached hydrogens (primary N) is 1. The van der Waals surface area contributed by atoms with Gasteiger partial charge in [-0.25, -0.2) is 0 Å². The van der Waals surface area contributed by atoms with Gasteiger partial charge in [-0.2, -0.15) is 5.10 Å². The van der Waals surface area contributed by atoms with Gasteiger partial charge in [0.25, 0.3) is 5.91 Å². The van der Waals surface area contributed by atoms with Crippen molar-refractivity contribution in [3.05, 3.63) is 58.9 Å². The van der Waals surface area contributed by atoms with Crippen LogP contribution in [0.3, 0.4) is 0 Å². The van der Waals surface area contributed by atoms with Crippen LogP contribution in [0.1, 0.15) is 5.56 Å². The molecule has 0 spiro atoms. The number of aromatic amines is 1. The van der Waals surface area contributed by atoms with E-state index in [4.69, 9.17) is 22.7 Å². The molecule has 0 unspecified atom stereocenters. The van der Waals surface area contributed by atoms with E-state index in [-0.39, 0.29) is 19.1 Å². The first-order chi connectivity index (χ1) is 13.4. The van der Waals surface area contributed by atoms with Crippen LogP contribution < -0.4 is 15.8 Å². The van der Waals surface area contributed by atoms with Crippen LogP contribution in [0.15, 0.2) is 48.5 Å². The Hall–Kier alpha value is -3.46. The van der Waals surface area contributed by atoms with Gasteiger partial charge in [0.2, 0.25) is 5.91 Å². The van der Waals surface area contributed by atoms with Crippen LogP contribution >= 0.6 is 12.2 Å². The van der Waals surface area contributed by atoms with Crippen molar-refractivity contribution < 1.29 is 14.3 Å². The molecule has 0 atom stereocenters. The number of H-pyrrole nitrogens is 1. The Bertz CT molecular complexity index is 1060. The molecule has 0 saturated heterocycles. The first-order valence-electron chi connectivity index (χ1n) is 8.45. The second-order valence-electron chi connectivity index (χ2n) is 6.14. The Balaban J connectivity index is 1.73. The highest BCUT2D eigenvalue weighted by Crippen LogP contribution is 2.19.